The maximum Gasteiger partial charge on any atom is 0.149 e. The first kappa shape index (κ1) is 22.5. The Balaban J connectivity index is 1.52. The molecule has 2 fully saturated rings. The number of nitrogens with one attached hydrogen (secondary N) is 1. The van der Waals surface area contributed by atoms with Crippen LogP contribution in [0, 0.1) is 17.6 Å². The summed E-state index contributed by atoms with van der Waals surface area (Å²) in [4.78, 5) is 8.82. The van der Waals surface area contributed by atoms with E-state index < -0.39 is 17.2 Å². The van der Waals surface area contributed by atoms with E-state index in [-0.39, 0.29) is 42.3 Å². The Kier molecular flexibility index (Phi) is 5.55. The Hall–Kier alpha value is -2.94. The lowest BCUT2D eigenvalue weighted by Crippen LogP contribution is -2.46. The summed E-state index contributed by atoms with van der Waals surface area (Å²) in [5.41, 5.74) is 9.19. The van der Waals surface area contributed by atoms with E-state index in [1.807, 2.05) is 6.07 Å². The zero-order chi connectivity index (χ0) is 24.2. The van der Waals surface area contributed by atoms with Crippen LogP contribution in [-0.4, -0.2) is 34.3 Å². The number of hydrogen-bond donors (Lipinski definition) is 3. The molecule has 4 bridgehead atoms. The van der Waals surface area contributed by atoms with Gasteiger partial charge in [0.2, 0.25) is 0 Å². The van der Waals surface area contributed by atoms with Gasteiger partial charge in [-0.2, -0.15) is 0 Å². The van der Waals surface area contributed by atoms with Crippen molar-refractivity contribution in [2.75, 3.05) is 18.5 Å². The van der Waals surface area contributed by atoms with E-state index in [9.17, 15) is 5.11 Å². The van der Waals surface area contributed by atoms with E-state index in [1.54, 1.807) is 24.5 Å². The molecule has 0 radical (unpaired) electrons. The molecule has 8 heteroatoms. The zero-order valence-electron chi connectivity index (χ0n) is 19.3. The van der Waals surface area contributed by atoms with E-state index in [0.717, 1.165) is 30.5 Å². The molecular formula is C27H28F2N4O2. The van der Waals surface area contributed by atoms with Gasteiger partial charge in [-0.15, -0.1) is 0 Å². The number of nitrogens with two attached hydrogens (primary N) is 1. The summed E-state index contributed by atoms with van der Waals surface area (Å²) < 4.78 is 36.0. The number of benzene rings is 1. The third-order valence-electron chi connectivity index (χ3n) is 7.64. The first-order valence-electron chi connectivity index (χ1n) is 12.1. The number of pyridine rings is 2. The van der Waals surface area contributed by atoms with Crippen molar-refractivity contribution in [2.45, 2.75) is 49.8 Å². The fourth-order valence-corrected chi connectivity index (χ4v) is 5.89. The minimum absolute atomic E-state index is 0.00139. The second kappa shape index (κ2) is 8.62. The predicted octanol–water partition coefficient (Wildman–Crippen LogP) is 4.02. The molecule has 0 amide bonds. The van der Waals surface area contributed by atoms with Crippen LogP contribution in [0.5, 0.6) is 0 Å². The molecule has 3 aromatic rings. The highest BCUT2D eigenvalue weighted by Gasteiger charge is 2.40. The van der Waals surface area contributed by atoms with Gasteiger partial charge < -0.3 is 20.9 Å². The molecule has 2 aromatic heterocycles. The molecule has 0 spiro atoms. The quantitative estimate of drug-likeness (QED) is 0.489. The lowest BCUT2D eigenvalue weighted by Gasteiger charge is -2.38. The molecule has 2 aliphatic heterocycles. The molecule has 35 heavy (non-hydrogen) atoms. The molecule has 4 N–H and O–H groups in total. The second-order valence-electron chi connectivity index (χ2n) is 10.2. The molecule has 3 unspecified atom stereocenters. The first-order chi connectivity index (χ1) is 16.9. The van der Waals surface area contributed by atoms with Crippen LogP contribution in [0.15, 0.2) is 42.7 Å². The van der Waals surface area contributed by atoms with Gasteiger partial charge in [0.25, 0.3) is 0 Å². The monoisotopic (exact) mass is 478 g/mol. The van der Waals surface area contributed by atoms with E-state index in [4.69, 9.17) is 10.5 Å². The third-order valence-corrected chi connectivity index (χ3v) is 7.64. The number of fused-ring (bicyclic) bond motifs is 8. The van der Waals surface area contributed by atoms with E-state index in [2.05, 4.69) is 15.3 Å². The summed E-state index contributed by atoms with van der Waals surface area (Å²) in [5.74, 6) is -0.781. The van der Waals surface area contributed by atoms with Crippen LogP contribution in [0.3, 0.4) is 0 Å². The van der Waals surface area contributed by atoms with Gasteiger partial charge in [0, 0.05) is 17.8 Å². The molecule has 1 saturated heterocycles. The number of rotatable bonds is 1. The molecule has 6 nitrogen and oxygen atoms in total. The van der Waals surface area contributed by atoms with Crippen LogP contribution in [0.1, 0.15) is 47.6 Å². The Bertz CT molecular complexity index is 1280. The molecule has 3 aliphatic rings. The highest BCUT2D eigenvalue weighted by molar-refractivity contribution is 5.67. The molecular weight excluding hydrogens is 450 g/mol. The predicted molar refractivity (Wildman–Crippen MR) is 128 cm³/mol. The zero-order valence-corrected chi connectivity index (χ0v) is 19.3. The Morgan fingerprint density at radius 3 is 2.74 bits per heavy atom. The normalized spacial score (nSPS) is 25.0. The van der Waals surface area contributed by atoms with Gasteiger partial charge in [-0.1, -0.05) is 6.07 Å². The third kappa shape index (κ3) is 4.09. The van der Waals surface area contributed by atoms with E-state index >= 15 is 8.78 Å². The van der Waals surface area contributed by atoms with Crippen molar-refractivity contribution in [2.24, 2.45) is 11.7 Å². The lowest BCUT2D eigenvalue weighted by atomic mass is 9.73. The van der Waals surface area contributed by atoms with Crippen molar-refractivity contribution in [3.8, 4) is 11.3 Å². The average Bonchev–Trinajstić information content (AvgIpc) is 2.82. The lowest BCUT2D eigenvalue weighted by molar-refractivity contribution is -0.184. The van der Waals surface area contributed by atoms with Crippen molar-refractivity contribution in [1.82, 2.24) is 9.97 Å². The molecule has 6 rings (SSSR count). The summed E-state index contributed by atoms with van der Waals surface area (Å²) in [7, 11) is 0. The number of ether oxygens (including phenoxy) is 1. The van der Waals surface area contributed by atoms with E-state index in [1.165, 1.54) is 12.1 Å². The molecule has 1 saturated carbocycles. The van der Waals surface area contributed by atoms with Gasteiger partial charge in [0.1, 0.15) is 22.9 Å². The van der Waals surface area contributed by atoms with Crippen LogP contribution in [0.2, 0.25) is 0 Å². The molecule has 182 valence electrons. The van der Waals surface area contributed by atoms with Gasteiger partial charge in [-0.25, -0.2) is 13.8 Å². The highest BCUT2D eigenvalue weighted by atomic mass is 19.1. The maximum absolute atomic E-state index is 15.7. The fourth-order valence-electron chi connectivity index (χ4n) is 5.89. The van der Waals surface area contributed by atoms with E-state index in [0.29, 0.717) is 29.8 Å². The van der Waals surface area contributed by atoms with Gasteiger partial charge in [-0.05, 0) is 78.5 Å². The molecule has 1 aromatic carbocycles. The topological polar surface area (TPSA) is 93.3 Å². The number of hydrogen-bond acceptors (Lipinski definition) is 6. The Morgan fingerprint density at radius 1 is 1.09 bits per heavy atom. The van der Waals surface area contributed by atoms with Crippen LogP contribution < -0.4 is 11.1 Å². The summed E-state index contributed by atoms with van der Waals surface area (Å²) in [6.07, 6.45) is 6.63. The number of halogens is 2. The minimum atomic E-state index is -1.23. The summed E-state index contributed by atoms with van der Waals surface area (Å²) >= 11 is 0. The highest BCUT2D eigenvalue weighted by Crippen LogP contribution is 2.42. The summed E-state index contributed by atoms with van der Waals surface area (Å²) in [5, 5.41) is 14.3. The molecule has 1 aliphatic carbocycles. The van der Waals surface area contributed by atoms with Crippen LogP contribution in [0.4, 0.5) is 14.5 Å². The number of aliphatic hydroxyl groups is 1. The van der Waals surface area contributed by atoms with Gasteiger partial charge in [0.05, 0.1) is 37.3 Å². The second-order valence-corrected chi connectivity index (χ2v) is 10.2. The van der Waals surface area contributed by atoms with Crippen LogP contribution in [0.25, 0.3) is 11.3 Å². The van der Waals surface area contributed by atoms with Gasteiger partial charge in [0.15, 0.2) is 0 Å². The van der Waals surface area contributed by atoms with Crippen molar-refractivity contribution in [3.63, 3.8) is 0 Å². The minimum Gasteiger partial charge on any atom is -0.380 e. The van der Waals surface area contributed by atoms with Crippen molar-refractivity contribution in [3.05, 3.63) is 76.7 Å². The smallest absolute Gasteiger partial charge is 0.149 e. The van der Waals surface area contributed by atoms with Crippen molar-refractivity contribution >= 4 is 5.69 Å². The first-order valence-corrected chi connectivity index (χ1v) is 12.1. The fraction of sp³-hybridized carbons (Fsp3) is 0.407. The maximum atomic E-state index is 15.7. The number of nitrogens with zero attached hydrogens (tertiary/aromatic N) is 2. The summed E-state index contributed by atoms with van der Waals surface area (Å²) in [6, 6.07) is 8.07. The standard InChI is InChI=1S/C27H28F2N4O2/c28-22-2-1-20-11-32-24-12-31-4-3-21(24)16-5-15(7-19(30)9-16)6-17-8-18(27(34)13-35-14-27)10-23(29)25(17)26(22)33-20/h1-4,8,10,12,15-16,19,32,34H,5-7,9,11,13-14,30H2. The Labute approximate surface area is 202 Å². The summed E-state index contributed by atoms with van der Waals surface area (Å²) in [6.45, 7) is 0.570. The molecule has 4 heterocycles. The molecule has 3 atom stereocenters. The van der Waals surface area contributed by atoms with Gasteiger partial charge in [-0.3, -0.25) is 4.98 Å². The number of aromatic nitrogens is 2. The van der Waals surface area contributed by atoms with Gasteiger partial charge >= 0.3 is 0 Å². The van der Waals surface area contributed by atoms with Crippen LogP contribution >= 0.6 is 0 Å². The SMILES string of the molecule is NC1CC2Cc3cc(C4(O)COC4)cc(F)c3-c3nc(ccc3F)CNc3cnccc3C(C1)C2. The van der Waals surface area contributed by atoms with Crippen molar-refractivity contribution in [1.29, 1.82) is 0 Å². The van der Waals surface area contributed by atoms with Crippen LogP contribution in [-0.2, 0) is 23.3 Å². The Morgan fingerprint density at radius 2 is 1.94 bits per heavy atom. The largest absolute Gasteiger partial charge is 0.380 e. The number of anilines is 1. The average molecular weight is 479 g/mol. The van der Waals surface area contributed by atoms with Crippen molar-refractivity contribution < 1.29 is 18.6 Å².